The number of allylic oxidation sites excluding steroid dienone is 1. The van der Waals surface area contributed by atoms with Gasteiger partial charge in [-0.3, -0.25) is 9.80 Å². The van der Waals surface area contributed by atoms with Crippen LogP contribution in [0.5, 0.6) is 0 Å². The van der Waals surface area contributed by atoms with Crippen molar-refractivity contribution in [3.63, 3.8) is 0 Å². The molecule has 1 aliphatic heterocycles. The molecule has 158 valence electrons. The summed E-state index contributed by atoms with van der Waals surface area (Å²) >= 11 is 5.89. The molecule has 3 rings (SSSR count). The van der Waals surface area contributed by atoms with Crippen LogP contribution in [0.2, 0.25) is 5.02 Å². The maximum atomic E-state index is 13.7. The quantitative estimate of drug-likeness (QED) is 0.696. The second-order valence-corrected chi connectivity index (χ2v) is 6.89. The number of rotatable bonds is 5. The van der Waals surface area contributed by atoms with Gasteiger partial charge in [-0.25, -0.2) is 4.39 Å². The van der Waals surface area contributed by atoms with Crippen molar-refractivity contribution in [3.8, 4) is 0 Å². The summed E-state index contributed by atoms with van der Waals surface area (Å²) in [5.41, 5.74) is 1.11. The number of anilines is 1. The van der Waals surface area contributed by atoms with Crippen LogP contribution in [0.4, 0.5) is 23.2 Å². The standard InChI is InChI=1S/C20H16ClF4N3O2/c21-14-6-4-12(5-7-14)17-8-13(19(30)26-18(11-29)20(23,24)25)10-28(27-17)16-3-1-2-15(22)9-16/h1-9,18,29H,10-11H2,(H,26,30). The SMILES string of the molecule is O=C(NC(CO)C(F)(F)F)C1=CC(c2ccc(Cl)cc2)=NN(c2cccc(F)c2)C1. The lowest BCUT2D eigenvalue weighted by Crippen LogP contribution is -2.49. The molecule has 1 unspecified atom stereocenters. The number of amides is 1. The van der Waals surface area contributed by atoms with E-state index in [9.17, 15) is 22.4 Å². The van der Waals surface area contributed by atoms with Crippen molar-refractivity contribution >= 4 is 28.9 Å². The zero-order valence-electron chi connectivity index (χ0n) is 15.3. The van der Waals surface area contributed by atoms with Gasteiger partial charge in [-0.1, -0.05) is 29.8 Å². The first-order valence-corrected chi connectivity index (χ1v) is 9.12. The number of halogens is 5. The molecular weight excluding hydrogens is 426 g/mol. The Hall–Kier alpha value is -2.91. The second-order valence-electron chi connectivity index (χ2n) is 6.45. The van der Waals surface area contributed by atoms with Gasteiger partial charge in [0.05, 0.1) is 24.6 Å². The molecule has 2 aromatic carbocycles. The van der Waals surface area contributed by atoms with E-state index in [4.69, 9.17) is 16.7 Å². The summed E-state index contributed by atoms with van der Waals surface area (Å²) in [6, 6.07) is 9.48. The topological polar surface area (TPSA) is 64.9 Å². The van der Waals surface area contributed by atoms with E-state index in [0.717, 1.165) is 0 Å². The number of hydrogen-bond donors (Lipinski definition) is 2. The van der Waals surface area contributed by atoms with Crippen LogP contribution in [-0.4, -0.2) is 42.1 Å². The highest BCUT2D eigenvalue weighted by molar-refractivity contribution is 6.30. The van der Waals surface area contributed by atoms with Gasteiger partial charge in [-0.2, -0.15) is 18.3 Å². The maximum absolute atomic E-state index is 13.7. The largest absolute Gasteiger partial charge is 0.410 e. The van der Waals surface area contributed by atoms with Gasteiger partial charge < -0.3 is 10.4 Å². The van der Waals surface area contributed by atoms with Gasteiger partial charge in [0.1, 0.15) is 11.9 Å². The maximum Gasteiger partial charge on any atom is 0.410 e. The van der Waals surface area contributed by atoms with E-state index in [2.05, 4.69) is 5.10 Å². The Balaban J connectivity index is 1.96. The predicted octanol–water partition coefficient (Wildman–Crippen LogP) is 3.67. The first kappa shape index (κ1) is 21.8. The average molecular weight is 442 g/mol. The summed E-state index contributed by atoms with van der Waals surface area (Å²) in [4.78, 5) is 12.5. The van der Waals surface area contributed by atoms with E-state index in [1.807, 2.05) is 0 Å². The Bertz CT molecular complexity index is 990. The molecule has 0 spiro atoms. The van der Waals surface area contributed by atoms with E-state index in [1.54, 1.807) is 35.6 Å². The van der Waals surface area contributed by atoms with Gasteiger partial charge in [0.2, 0.25) is 5.91 Å². The number of carbonyl (C=O) groups is 1. The number of nitrogens with one attached hydrogen (secondary N) is 1. The first-order chi connectivity index (χ1) is 14.2. The predicted molar refractivity (Wildman–Crippen MR) is 105 cm³/mol. The Morgan fingerprint density at radius 3 is 2.53 bits per heavy atom. The van der Waals surface area contributed by atoms with Crippen LogP contribution in [-0.2, 0) is 4.79 Å². The van der Waals surface area contributed by atoms with E-state index in [-0.39, 0.29) is 17.8 Å². The molecular formula is C20H16ClF4N3O2. The van der Waals surface area contributed by atoms with E-state index >= 15 is 0 Å². The van der Waals surface area contributed by atoms with Crippen LogP contribution >= 0.6 is 11.6 Å². The number of hydrogen-bond acceptors (Lipinski definition) is 4. The second kappa shape index (κ2) is 8.85. The molecule has 5 nitrogen and oxygen atoms in total. The van der Waals surface area contributed by atoms with Crippen LogP contribution in [0.3, 0.4) is 0 Å². The van der Waals surface area contributed by atoms with Crippen molar-refractivity contribution in [2.75, 3.05) is 18.2 Å². The third kappa shape index (κ3) is 5.17. The summed E-state index contributed by atoms with van der Waals surface area (Å²) in [6.07, 6.45) is -3.46. The van der Waals surface area contributed by atoms with E-state index in [0.29, 0.717) is 16.3 Å². The zero-order chi connectivity index (χ0) is 21.9. The Morgan fingerprint density at radius 2 is 1.93 bits per heavy atom. The fourth-order valence-electron chi connectivity index (χ4n) is 2.73. The molecule has 2 aromatic rings. The number of aliphatic hydroxyl groups is 1. The number of benzene rings is 2. The molecule has 0 saturated carbocycles. The molecule has 1 aliphatic rings. The van der Waals surface area contributed by atoms with E-state index < -0.39 is 30.5 Å². The fraction of sp³-hybridized carbons (Fsp3) is 0.200. The monoisotopic (exact) mass is 441 g/mol. The molecule has 0 fully saturated rings. The molecule has 0 saturated heterocycles. The normalized spacial score (nSPS) is 15.3. The number of carbonyl (C=O) groups excluding carboxylic acids is 1. The van der Waals surface area contributed by atoms with Gasteiger partial charge >= 0.3 is 6.18 Å². The molecule has 0 radical (unpaired) electrons. The van der Waals surface area contributed by atoms with Gasteiger partial charge in [0.15, 0.2) is 0 Å². The summed E-state index contributed by atoms with van der Waals surface area (Å²) in [5, 5.41) is 16.9. The summed E-state index contributed by atoms with van der Waals surface area (Å²) < 4.78 is 52.4. The van der Waals surface area contributed by atoms with Crippen molar-refractivity contribution in [2.45, 2.75) is 12.2 Å². The highest BCUT2D eigenvalue weighted by Gasteiger charge is 2.40. The van der Waals surface area contributed by atoms with Crippen molar-refractivity contribution in [1.82, 2.24) is 5.32 Å². The lowest BCUT2D eigenvalue weighted by Gasteiger charge is -2.27. The van der Waals surface area contributed by atoms with E-state index in [1.165, 1.54) is 29.3 Å². The van der Waals surface area contributed by atoms with Gasteiger partial charge in [0, 0.05) is 16.2 Å². The van der Waals surface area contributed by atoms with Crippen LogP contribution < -0.4 is 10.3 Å². The zero-order valence-corrected chi connectivity index (χ0v) is 16.1. The van der Waals surface area contributed by atoms with Gasteiger partial charge in [0.25, 0.3) is 0 Å². The van der Waals surface area contributed by atoms with Crippen molar-refractivity contribution in [1.29, 1.82) is 0 Å². The number of nitrogens with zero attached hydrogens (tertiary/aromatic N) is 2. The number of hydrazone groups is 1. The molecule has 1 amide bonds. The van der Waals surface area contributed by atoms with Crippen molar-refractivity contribution in [3.05, 3.63) is 76.6 Å². The van der Waals surface area contributed by atoms with Gasteiger partial charge in [-0.05, 0) is 36.4 Å². The minimum atomic E-state index is -4.81. The number of alkyl halides is 3. The van der Waals surface area contributed by atoms with Gasteiger partial charge in [-0.15, -0.1) is 0 Å². The number of aliphatic hydroxyl groups excluding tert-OH is 1. The van der Waals surface area contributed by atoms with Crippen LogP contribution in [0, 0.1) is 5.82 Å². The fourth-order valence-corrected chi connectivity index (χ4v) is 2.86. The van der Waals surface area contributed by atoms with Crippen LogP contribution in [0.25, 0.3) is 0 Å². The summed E-state index contributed by atoms with van der Waals surface area (Å²) in [6.45, 7) is -1.49. The lowest BCUT2D eigenvalue weighted by atomic mass is 10.0. The average Bonchev–Trinajstić information content (AvgIpc) is 2.71. The highest BCUT2D eigenvalue weighted by Crippen LogP contribution is 2.24. The Morgan fingerprint density at radius 1 is 1.23 bits per heavy atom. The lowest BCUT2D eigenvalue weighted by molar-refractivity contribution is -0.167. The molecule has 1 heterocycles. The molecule has 1 atom stereocenters. The molecule has 0 aromatic heterocycles. The Kier molecular flexibility index (Phi) is 6.42. The summed E-state index contributed by atoms with van der Waals surface area (Å²) in [5.74, 6) is -1.55. The molecule has 10 heteroatoms. The van der Waals surface area contributed by atoms with Crippen LogP contribution in [0.15, 0.2) is 65.3 Å². The smallest absolute Gasteiger partial charge is 0.394 e. The highest BCUT2D eigenvalue weighted by atomic mass is 35.5. The molecule has 0 bridgehead atoms. The third-order valence-electron chi connectivity index (χ3n) is 4.28. The summed E-state index contributed by atoms with van der Waals surface area (Å²) in [7, 11) is 0. The van der Waals surface area contributed by atoms with Crippen LogP contribution in [0.1, 0.15) is 5.56 Å². The Labute approximate surface area is 174 Å². The van der Waals surface area contributed by atoms with Crippen molar-refractivity contribution in [2.24, 2.45) is 5.10 Å². The minimum absolute atomic E-state index is 0.0399. The third-order valence-corrected chi connectivity index (χ3v) is 4.53. The minimum Gasteiger partial charge on any atom is -0.394 e. The van der Waals surface area contributed by atoms with Crippen molar-refractivity contribution < 1.29 is 27.5 Å². The first-order valence-electron chi connectivity index (χ1n) is 8.74. The molecule has 2 N–H and O–H groups in total. The molecule has 30 heavy (non-hydrogen) atoms. The molecule has 0 aliphatic carbocycles.